The van der Waals surface area contributed by atoms with Crippen molar-refractivity contribution in [3.05, 3.63) is 64.5 Å². The number of carboxylic acid groups (broad SMARTS) is 1. The van der Waals surface area contributed by atoms with Crippen LogP contribution in [0.5, 0.6) is 11.5 Å². The second-order valence-electron chi connectivity index (χ2n) is 7.62. The molecule has 0 radical (unpaired) electrons. The highest BCUT2D eigenvalue weighted by Crippen LogP contribution is 2.51. The number of phenolic OH excluding ortho intramolecular Hbond substituents is 2. The number of phenols is 2. The van der Waals surface area contributed by atoms with Crippen LogP contribution in [0.2, 0.25) is 0 Å². The number of likely N-dealkylation sites (N-methyl/N-ethyl adjacent to an activating group) is 1. The van der Waals surface area contributed by atoms with Gasteiger partial charge in [-0.1, -0.05) is 12.1 Å². The third-order valence-electron chi connectivity index (χ3n) is 5.68. The van der Waals surface area contributed by atoms with Crippen LogP contribution in [0, 0.1) is 6.92 Å². The van der Waals surface area contributed by atoms with Gasteiger partial charge in [0.15, 0.2) is 11.5 Å². The molecule has 0 unspecified atom stereocenters. The number of benzene rings is 2. The first-order chi connectivity index (χ1) is 14.2. The first-order valence-corrected chi connectivity index (χ1v) is 10.3. The highest BCUT2D eigenvalue weighted by molar-refractivity contribution is 7.17. The van der Waals surface area contributed by atoms with E-state index in [9.17, 15) is 24.9 Å². The maximum atomic E-state index is 13.4. The number of hydrogen-bond acceptors (Lipinski definition) is 5. The number of hydrogen-bond donors (Lipinski definition) is 3. The van der Waals surface area contributed by atoms with E-state index in [1.165, 1.54) is 23.5 Å². The minimum absolute atomic E-state index is 0.0835. The summed E-state index contributed by atoms with van der Waals surface area (Å²) in [6.45, 7) is 1.95. The summed E-state index contributed by atoms with van der Waals surface area (Å²) in [4.78, 5) is 27.3. The van der Waals surface area contributed by atoms with Crippen molar-refractivity contribution in [1.82, 2.24) is 0 Å². The second kappa shape index (κ2) is 7.18. The molecule has 1 amide bonds. The van der Waals surface area contributed by atoms with Gasteiger partial charge < -0.3 is 20.2 Å². The summed E-state index contributed by atoms with van der Waals surface area (Å²) >= 11 is 1.20. The van der Waals surface area contributed by atoms with E-state index in [0.29, 0.717) is 24.1 Å². The summed E-state index contributed by atoms with van der Waals surface area (Å²) < 4.78 is 0. The summed E-state index contributed by atoms with van der Waals surface area (Å²) in [5.41, 5.74) is 2.57. The minimum atomic E-state index is -0.958. The number of nitrogens with zero attached hydrogens (tertiary/aromatic N) is 1. The molecular weight excluding hydrogens is 402 g/mol. The molecular formula is C23H21NO5S. The molecule has 154 valence electrons. The van der Waals surface area contributed by atoms with E-state index in [1.54, 1.807) is 30.1 Å². The summed E-state index contributed by atoms with van der Waals surface area (Å²) in [6.07, 6.45) is 1.35. The van der Waals surface area contributed by atoms with Crippen molar-refractivity contribution in [2.24, 2.45) is 0 Å². The zero-order valence-corrected chi connectivity index (χ0v) is 17.4. The van der Waals surface area contributed by atoms with Crippen LogP contribution in [-0.2, 0) is 10.2 Å². The summed E-state index contributed by atoms with van der Waals surface area (Å²) in [6, 6.07) is 13.6. The molecule has 0 bridgehead atoms. The Morgan fingerprint density at radius 2 is 1.73 bits per heavy atom. The molecule has 7 heteroatoms. The number of carboxylic acids is 1. The van der Waals surface area contributed by atoms with Crippen molar-refractivity contribution in [1.29, 1.82) is 0 Å². The molecule has 4 rings (SSSR count). The lowest BCUT2D eigenvalue weighted by Crippen LogP contribution is -2.36. The Hall–Kier alpha value is -3.32. The molecule has 1 fully saturated rings. The fourth-order valence-electron chi connectivity index (χ4n) is 3.69. The lowest BCUT2D eigenvalue weighted by Gasteiger charge is -2.25. The second-order valence-corrected chi connectivity index (χ2v) is 8.70. The van der Waals surface area contributed by atoms with Gasteiger partial charge in [-0.25, -0.2) is 4.79 Å². The van der Waals surface area contributed by atoms with Crippen LogP contribution in [0.4, 0.5) is 5.69 Å². The lowest BCUT2D eigenvalue weighted by molar-refractivity contribution is -0.120. The number of carbonyl (C=O) groups is 2. The molecule has 0 atom stereocenters. The van der Waals surface area contributed by atoms with E-state index >= 15 is 0 Å². The van der Waals surface area contributed by atoms with Crippen LogP contribution >= 0.6 is 11.3 Å². The Morgan fingerprint density at radius 3 is 2.33 bits per heavy atom. The predicted molar refractivity (Wildman–Crippen MR) is 116 cm³/mol. The van der Waals surface area contributed by atoms with Crippen molar-refractivity contribution >= 4 is 28.9 Å². The van der Waals surface area contributed by atoms with Crippen molar-refractivity contribution in [2.75, 3.05) is 11.9 Å². The van der Waals surface area contributed by atoms with Crippen molar-refractivity contribution in [2.45, 2.75) is 25.2 Å². The highest BCUT2D eigenvalue weighted by Gasteiger charge is 2.53. The monoisotopic (exact) mass is 423 g/mol. The van der Waals surface area contributed by atoms with Gasteiger partial charge in [-0.05, 0) is 72.9 Å². The Morgan fingerprint density at radius 1 is 1.00 bits per heavy atom. The quantitative estimate of drug-likeness (QED) is 0.524. The number of amides is 1. The van der Waals surface area contributed by atoms with E-state index in [4.69, 9.17) is 0 Å². The number of aryl methyl sites for hydroxylation is 1. The van der Waals surface area contributed by atoms with Gasteiger partial charge in [-0.3, -0.25) is 4.79 Å². The van der Waals surface area contributed by atoms with Gasteiger partial charge in [0.2, 0.25) is 5.91 Å². The molecule has 30 heavy (non-hydrogen) atoms. The average molecular weight is 423 g/mol. The predicted octanol–water partition coefficient (Wildman–Crippen LogP) is 4.53. The van der Waals surface area contributed by atoms with Crippen molar-refractivity contribution in [3.63, 3.8) is 0 Å². The Balaban J connectivity index is 1.66. The topological polar surface area (TPSA) is 98.1 Å². The lowest BCUT2D eigenvalue weighted by atomic mass is 9.93. The van der Waals surface area contributed by atoms with Crippen LogP contribution < -0.4 is 4.90 Å². The summed E-state index contributed by atoms with van der Waals surface area (Å²) in [5.74, 6) is -1.49. The van der Waals surface area contributed by atoms with Crippen LogP contribution in [0.25, 0.3) is 10.4 Å². The zero-order valence-electron chi connectivity index (χ0n) is 16.5. The number of rotatable bonds is 5. The minimum Gasteiger partial charge on any atom is -0.504 e. The van der Waals surface area contributed by atoms with Gasteiger partial charge in [0.25, 0.3) is 0 Å². The molecule has 1 aromatic heterocycles. The third kappa shape index (κ3) is 3.31. The van der Waals surface area contributed by atoms with Gasteiger partial charge in [0, 0.05) is 17.6 Å². The number of aromatic carboxylic acids is 1. The molecule has 0 spiro atoms. The molecule has 1 aliphatic carbocycles. The van der Waals surface area contributed by atoms with E-state index in [1.807, 2.05) is 25.1 Å². The van der Waals surface area contributed by atoms with E-state index in [0.717, 1.165) is 16.0 Å². The van der Waals surface area contributed by atoms with Crippen LogP contribution in [0.1, 0.15) is 33.6 Å². The first-order valence-electron chi connectivity index (χ1n) is 9.48. The van der Waals surface area contributed by atoms with E-state index < -0.39 is 11.4 Å². The van der Waals surface area contributed by atoms with Crippen molar-refractivity contribution < 1.29 is 24.9 Å². The van der Waals surface area contributed by atoms with Gasteiger partial charge in [-0.2, -0.15) is 0 Å². The number of carbonyl (C=O) groups excluding carboxylic acids is 1. The van der Waals surface area contributed by atoms with E-state index in [2.05, 4.69) is 0 Å². The molecule has 0 aliphatic heterocycles. The molecule has 6 nitrogen and oxygen atoms in total. The fraction of sp³-hybridized carbons (Fsp3) is 0.217. The molecule has 2 aromatic carbocycles. The standard InChI is InChI=1S/C23H21NO5S/c1-13-3-5-15(12-16(13)19-7-8-20(30-19)21(27)28)24(2)22(29)23(9-10-23)14-4-6-17(25)18(26)11-14/h3-8,11-12,25-26H,9-10H2,1-2H3,(H,27,28). The highest BCUT2D eigenvalue weighted by atomic mass is 32.1. The van der Waals surface area contributed by atoms with Crippen LogP contribution in [0.3, 0.4) is 0 Å². The number of aromatic hydroxyl groups is 2. The largest absolute Gasteiger partial charge is 0.504 e. The summed E-state index contributed by atoms with van der Waals surface area (Å²) in [7, 11) is 1.72. The zero-order chi connectivity index (χ0) is 21.6. The molecule has 0 saturated heterocycles. The molecule has 1 aliphatic rings. The SMILES string of the molecule is Cc1ccc(N(C)C(=O)C2(c3ccc(O)c(O)c3)CC2)cc1-c1ccc(C(=O)O)s1. The Bertz CT molecular complexity index is 1160. The van der Waals surface area contributed by atoms with Gasteiger partial charge in [0.1, 0.15) is 4.88 Å². The normalized spacial score (nSPS) is 14.3. The first kappa shape index (κ1) is 20.0. The number of thiophene rings is 1. The number of anilines is 1. The third-order valence-corrected chi connectivity index (χ3v) is 6.79. The molecule has 3 aromatic rings. The molecule has 1 heterocycles. The average Bonchev–Trinajstić information content (AvgIpc) is 3.38. The van der Waals surface area contributed by atoms with Crippen LogP contribution in [-0.4, -0.2) is 34.2 Å². The maximum Gasteiger partial charge on any atom is 0.345 e. The fourth-order valence-corrected chi connectivity index (χ4v) is 4.62. The van der Waals surface area contributed by atoms with Gasteiger partial charge in [0.05, 0.1) is 5.41 Å². The Labute approximate surface area is 177 Å². The molecule has 1 saturated carbocycles. The van der Waals surface area contributed by atoms with Gasteiger partial charge in [-0.15, -0.1) is 11.3 Å². The summed E-state index contributed by atoms with van der Waals surface area (Å²) in [5, 5.41) is 28.6. The maximum absolute atomic E-state index is 13.4. The molecule has 3 N–H and O–H groups in total. The van der Waals surface area contributed by atoms with E-state index in [-0.39, 0.29) is 22.3 Å². The smallest absolute Gasteiger partial charge is 0.345 e. The van der Waals surface area contributed by atoms with Crippen LogP contribution in [0.15, 0.2) is 48.5 Å². The van der Waals surface area contributed by atoms with Crippen molar-refractivity contribution in [3.8, 4) is 21.9 Å². The van der Waals surface area contributed by atoms with Gasteiger partial charge >= 0.3 is 5.97 Å². The Kier molecular flexibility index (Phi) is 4.78.